The molecule has 18 heavy (non-hydrogen) atoms. The molecule has 0 fully saturated rings. The molecule has 2 aromatic rings. The van der Waals surface area contributed by atoms with Gasteiger partial charge in [-0.15, -0.1) is 0 Å². The lowest BCUT2D eigenvalue weighted by Crippen LogP contribution is -2.16. The van der Waals surface area contributed by atoms with Crippen LogP contribution in [-0.2, 0) is 0 Å². The third kappa shape index (κ3) is 3.39. The number of nitrogens with one attached hydrogen (secondary N) is 1. The SMILES string of the molecule is O=C(Nc1ccccc1)Oc1ccc(Cl)cc1Cl. The number of para-hydroxylation sites is 1. The van der Waals surface area contributed by atoms with Crippen molar-refractivity contribution in [3.63, 3.8) is 0 Å². The third-order valence-electron chi connectivity index (χ3n) is 2.12. The van der Waals surface area contributed by atoms with Gasteiger partial charge in [-0.3, -0.25) is 5.32 Å². The van der Waals surface area contributed by atoms with Crippen molar-refractivity contribution in [3.05, 3.63) is 58.6 Å². The normalized spacial score (nSPS) is 9.89. The second kappa shape index (κ2) is 5.76. The van der Waals surface area contributed by atoms with Crippen LogP contribution in [-0.4, -0.2) is 6.09 Å². The zero-order valence-electron chi connectivity index (χ0n) is 9.19. The first-order chi connectivity index (χ1) is 8.65. The van der Waals surface area contributed by atoms with Crippen LogP contribution in [0.4, 0.5) is 10.5 Å². The molecule has 0 aromatic heterocycles. The first-order valence-electron chi connectivity index (χ1n) is 5.14. The van der Waals surface area contributed by atoms with Gasteiger partial charge in [0.25, 0.3) is 0 Å². The second-order valence-corrected chi connectivity index (χ2v) is 4.30. The van der Waals surface area contributed by atoms with E-state index in [2.05, 4.69) is 5.32 Å². The van der Waals surface area contributed by atoms with E-state index in [1.807, 2.05) is 18.2 Å². The van der Waals surface area contributed by atoms with Crippen LogP contribution in [0.2, 0.25) is 10.0 Å². The molecular weight excluding hydrogens is 273 g/mol. The summed E-state index contributed by atoms with van der Waals surface area (Å²) >= 11 is 11.6. The minimum atomic E-state index is -0.606. The fourth-order valence-corrected chi connectivity index (χ4v) is 1.77. The molecule has 1 amide bonds. The maximum absolute atomic E-state index is 11.6. The van der Waals surface area contributed by atoms with Crippen LogP contribution in [0.1, 0.15) is 0 Å². The van der Waals surface area contributed by atoms with Crippen LogP contribution in [0.15, 0.2) is 48.5 Å². The minimum Gasteiger partial charge on any atom is -0.409 e. The Hall–Kier alpha value is -1.71. The summed E-state index contributed by atoms with van der Waals surface area (Å²) in [6, 6.07) is 13.6. The number of benzene rings is 2. The van der Waals surface area contributed by atoms with E-state index in [9.17, 15) is 4.79 Å². The average molecular weight is 282 g/mol. The predicted octanol–water partition coefficient (Wildman–Crippen LogP) is 4.60. The highest BCUT2D eigenvalue weighted by Crippen LogP contribution is 2.27. The highest BCUT2D eigenvalue weighted by atomic mass is 35.5. The maximum atomic E-state index is 11.6. The molecule has 0 saturated carbocycles. The molecule has 1 N–H and O–H groups in total. The molecule has 0 unspecified atom stereocenters. The second-order valence-electron chi connectivity index (χ2n) is 3.46. The first-order valence-corrected chi connectivity index (χ1v) is 5.89. The fraction of sp³-hybridized carbons (Fsp3) is 0. The molecule has 0 atom stereocenters. The van der Waals surface area contributed by atoms with E-state index in [0.717, 1.165) is 0 Å². The Morgan fingerprint density at radius 3 is 2.44 bits per heavy atom. The topological polar surface area (TPSA) is 38.3 Å². The van der Waals surface area contributed by atoms with Crippen LogP contribution < -0.4 is 10.1 Å². The van der Waals surface area contributed by atoms with Gasteiger partial charge < -0.3 is 4.74 Å². The van der Waals surface area contributed by atoms with Crippen LogP contribution >= 0.6 is 23.2 Å². The molecule has 92 valence electrons. The smallest absolute Gasteiger partial charge is 0.409 e. The van der Waals surface area contributed by atoms with Crippen molar-refractivity contribution in [2.24, 2.45) is 0 Å². The monoisotopic (exact) mass is 281 g/mol. The first kappa shape index (κ1) is 12.7. The highest BCUT2D eigenvalue weighted by molar-refractivity contribution is 6.35. The van der Waals surface area contributed by atoms with Crippen molar-refractivity contribution in [2.45, 2.75) is 0 Å². The standard InChI is InChI=1S/C13H9Cl2NO2/c14-9-6-7-12(11(15)8-9)18-13(17)16-10-4-2-1-3-5-10/h1-8H,(H,16,17). The van der Waals surface area contributed by atoms with Crippen molar-refractivity contribution < 1.29 is 9.53 Å². The largest absolute Gasteiger partial charge is 0.417 e. The average Bonchev–Trinajstić information content (AvgIpc) is 2.34. The maximum Gasteiger partial charge on any atom is 0.417 e. The number of hydrogen-bond donors (Lipinski definition) is 1. The number of hydrogen-bond acceptors (Lipinski definition) is 2. The summed E-state index contributed by atoms with van der Waals surface area (Å²) in [6.45, 7) is 0. The Balaban J connectivity index is 2.03. The van der Waals surface area contributed by atoms with Crippen molar-refractivity contribution >= 4 is 35.0 Å². The van der Waals surface area contributed by atoms with E-state index in [1.54, 1.807) is 18.2 Å². The van der Waals surface area contributed by atoms with Crippen molar-refractivity contribution in [3.8, 4) is 5.75 Å². The van der Waals surface area contributed by atoms with E-state index in [-0.39, 0.29) is 10.8 Å². The molecule has 0 spiro atoms. The zero-order valence-corrected chi connectivity index (χ0v) is 10.7. The molecule has 0 aliphatic rings. The van der Waals surface area contributed by atoms with E-state index >= 15 is 0 Å². The number of ether oxygens (including phenoxy) is 1. The fourth-order valence-electron chi connectivity index (χ4n) is 1.32. The van der Waals surface area contributed by atoms with Crippen LogP contribution in [0.25, 0.3) is 0 Å². The molecule has 0 bridgehead atoms. The Kier molecular flexibility index (Phi) is 4.07. The van der Waals surface area contributed by atoms with Gasteiger partial charge in [-0.1, -0.05) is 41.4 Å². The molecule has 0 saturated heterocycles. The third-order valence-corrected chi connectivity index (χ3v) is 2.65. The zero-order chi connectivity index (χ0) is 13.0. The summed E-state index contributed by atoms with van der Waals surface area (Å²) in [4.78, 5) is 11.6. The highest BCUT2D eigenvalue weighted by Gasteiger charge is 2.08. The van der Waals surface area contributed by atoms with Gasteiger partial charge in [0.1, 0.15) is 0 Å². The van der Waals surface area contributed by atoms with Crippen LogP contribution in [0.5, 0.6) is 5.75 Å². The molecule has 2 rings (SSSR count). The van der Waals surface area contributed by atoms with E-state index < -0.39 is 6.09 Å². The molecular formula is C13H9Cl2NO2. The lowest BCUT2D eigenvalue weighted by molar-refractivity contribution is 0.215. The molecule has 5 heteroatoms. The Morgan fingerprint density at radius 2 is 1.78 bits per heavy atom. The van der Waals surface area contributed by atoms with Gasteiger partial charge in [0, 0.05) is 10.7 Å². The quantitative estimate of drug-likeness (QED) is 0.873. The van der Waals surface area contributed by atoms with Crippen LogP contribution in [0, 0.1) is 0 Å². The van der Waals surface area contributed by atoms with Crippen LogP contribution in [0.3, 0.4) is 0 Å². The van der Waals surface area contributed by atoms with Crippen molar-refractivity contribution in [1.29, 1.82) is 0 Å². The van der Waals surface area contributed by atoms with E-state index in [0.29, 0.717) is 10.7 Å². The van der Waals surface area contributed by atoms with Gasteiger partial charge in [-0.05, 0) is 30.3 Å². The predicted molar refractivity (Wildman–Crippen MR) is 72.6 cm³/mol. The van der Waals surface area contributed by atoms with Gasteiger partial charge in [-0.25, -0.2) is 4.79 Å². The number of halogens is 2. The number of anilines is 1. The summed E-state index contributed by atoms with van der Waals surface area (Å²) in [7, 11) is 0. The van der Waals surface area contributed by atoms with Gasteiger partial charge in [0.05, 0.1) is 5.02 Å². The molecule has 0 aliphatic carbocycles. The van der Waals surface area contributed by atoms with Crippen molar-refractivity contribution in [1.82, 2.24) is 0 Å². The molecule has 0 radical (unpaired) electrons. The summed E-state index contributed by atoms with van der Waals surface area (Å²) in [5, 5.41) is 3.34. The van der Waals surface area contributed by atoms with Gasteiger partial charge in [-0.2, -0.15) is 0 Å². The molecule has 3 nitrogen and oxygen atoms in total. The van der Waals surface area contributed by atoms with E-state index in [4.69, 9.17) is 27.9 Å². The number of rotatable bonds is 2. The molecule has 0 heterocycles. The van der Waals surface area contributed by atoms with Gasteiger partial charge in [0.15, 0.2) is 5.75 Å². The minimum absolute atomic E-state index is 0.259. The Morgan fingerprint density at radius 1 is 1.06 bits per heavy atom. The van der Waals surface area contributed by atoms with Gasteiger partial charge >= 0.3 is 6.09 Å². The van der Waals surface area contributed by atoms with Gasteiger partial charge in [0.2, 0.25) is 0 Å². The summed E-state index contributed by atoms with van der Waals surface area (Å²) < 4.78 is 5.06. The lowest BCUT2D eigenvalue weighted by atomic mass is 10.3. The number of carbonyl (C=O) groups excluding carboxylic acids is 1. The van der Waals surface area contributed by atoms with E-state index in [1.165, 1.54) is 12.1 Å². The number of carbonyl (C=O) groups is 1. The van der Waals surface area contributed by atoms with Crippen molar-refractivity contribution in [2.75, 3.05) is 5.32 Å². The number of amides is 1. The Labute approximate surface area is 114 Å². The summed E-state index contributed by atoms with van der Waals surface area (Å²) in [5.74, 6) is 0.259. The Bertz CT molecular complexity index is 558. The summed E-state index contributed by atoms with van der Waals surface area (Å²) in [6.07, 6.45) is -0.606. The molecule has 2 aromatic carbocycles. The summed E-state index contributed by atoms with van der Waals surface area (Å²) in [5.41, 5.74) is 0.646. The lowest BCUT2D eigenvalue weighted by Gasteiger charge is -2.07. The molecule has 0 aliphatic heterocycles.